The molecule has 0 aliphatic rings. The average molecular weight is 327 g/mol. The van der Waals surface area contributed by atoms with Crippen LogP contribution in [-0.2, 0) is 15.6 Å². The first-order valence-electron chi connectivity index (χ1n) is 5.16. The molecule has 0 atom stereocenters. The second kappa shape index (κ2) is 5.07. The van der Waals surface area contributed by atoms with E-state index in [0.29, 0.717) is 15.7 Å². The zero-order chi connectivity index (χ0) is 13.2. The van der Waals surface area contributed by atoms with Gasteiger partial charge in [-0.2, -0.15) is 0 Å². The van der Waals surface area contributed by atoms with E-state index < -0.39 is 9.84 Å². The summed E-state index contributed by atoms with van der Waals surface area (Å²) in [6.45, 7) is 0. The molecule has 18 heavy (non-hydrogen) atoms. The molecule has 0 bridgehead atoms. The van der Waals surface area contributed by atoms with E-state index in [4.69, 9.17) is 5.73 Å². The van der Waals surface area contributed by atoms with Gasteiger partial charge in [-0.25, -0.2) is 8.42 Å². The first-order valence-corrected chi connectivity index (χ1v) is 7.60. The van der Waals surface area contributed by atoms with Gasteiger partial charge in [0.1, 0.15) is 0 Å². The fourth-order valence-corrected chi connectivity index (χ4v) is 4.10. The summed E-state index contributed by atoms with van der Waals surface area (Å²) in [5.41, 5.74) is 6.81. The Morgan fingerprint density at radius 1 is 1.17 bits per heavy atom. The van der Waals surface area contributed by atoms with Gasteiger partial charge in [-0.3, -0.25) is 4.98 Å². The van der Waals surface area contributed by atoms with Crippen LogP contribution in [0.4, 0.5) is 5.69 Å². The predicted octanol–water partition coefficient (Wildman–Crippen LogP) is 2.40. The fraction of sp³-hybridized carbons (Fsp3) is 0.0833. The summed E-state index contributed by atoms with van der Waals surface area (Å²) in [5.74, 6) is -0.0575. The average Bonchev–Trinajstić information content (AvgIpc) is 2.29. The van der Waals surface area contributed by atoms with Crippen molar-refractivity contribution in [3.63, 3.8) is 0 Å². The minimum absolute atomic E-state index is 0.0575. The molecule has 0 spiro atoms. The van der Waals surface area contributed by atoms with Crippen LogP contribution < -0.4 is 5.73 Å². The summed E-state index contributed by atoms with van der Waals surface area (Å²) in [5, 5.41) is 0. The molecule has 94 valence electrons. The van der Waals surface area contributed by atoms with Crippen molar-refractivity contribution in [1.82, 2.24) is 4.98 Å². The molecule has 0 fully saturated rings. The Kier molecular flexibility index (Phi) is 3.68. The van der Waals surface area contributed by atoms with E-state index in [-0.39, 0.29) is 10.6 Å². The molecule has 4 nitrogen and oxygen atoms in total. The summed E-state index contributed by atoms with van der Waals surface area (Å²) in [6.07, 6.45) is 3.14. The van der Waals surface area contributed by atoms with Crippen LogP contribution in [0.3, 0.4) is 0 Å². The SMILES string of the molecule is Nc1ccc(S(=O)(=O)Cc2ccncc2)c(Br)c1. The third-order valence-electron chi connectivity index (χ3n) is 2.40. The van der Waals surface area contributed by atoms with Crippen LogP contribution in [0, 0.1) is 0 Å². The molecular weight excluding hydrogens is 316 g/mol. The summed E-state index contributed by atoms with van der Waals surface area (Å²) in [6, 6.07) is 8.03. The van der Waals surface area contributed by atoms with Crippen molar-refractivity contribution >= 4 is 31.5 Å². The molecule has 0 aliphatic carbocycles. The van der Waals surface area contributed by atoms with E-state index in [1.807, 2.05) is 0 Å². The van der Waals surface area contributed by atoms with E-state index >= 15 is 0 Å². The topological polar surface area (TPSA) is 73.1 Å². The van der Waals surface area contributed by atoms with Gasteiger partial charge in [-0.05, 0) is 51.8 Å². The van der Waals surface area contributed by atoms with Gasteiger partial charge in [0.2, 0.25) is 0 Å². The largest absolute Gasteiger partial charge is 0.399 e. The number of nitrogens with two attached hydrogens (primary N) is 1. The smallest absolute Gasteiger partial charge is 0.183 e. The Morgan fingerprint density at radius 2 is 1.83 bits per heavy atom. The zero-order valence-electron chi connectivity index (χ0n) is 9.38. The number of hydrogen-bond acceptors (Lipinski definition) is 4. The van der Waals surface area contributed by atoms with Crippen LogP contribution in [0.15, 0.2) is 52.1 Å². The van der Waals surface area contributed by atoms with E-state index in [1.54, 1.807) is 36.7 Å². The van der Waals surface area contributed by atoms with Crippen molar-refractivity contribution in [2.24, 2.45) is 0 Å². The molecule has 1 aromatic carbocycles. The van der Waals surface area contributed by atoms with Gasteiger partial charge in [0.05, 0.1) is 10.6 Å². The Morgan fingerprint density at radius 3 is 2.44 bits per heavy atom. The van der Waals surface area contributed by atoms with E-state index in [0.717, 1.165) is 0 Å². The molecule has 0 radical (unpaired) electrons. The molecule has 2 rings (SSSR count). The summed E-state index contributed by atoms with van der Waals surface area (Å²) in [4.78, 5) is 4.10. The number of nitrogens with zero attached hydrogens (tertiary/aromatic N) is 1. The van der Waals surface area contributed by atoms with Crippen molar-refractivity contribution in [3.05, 3.63) is 52.8 Å². The number of aromatic nitrogens is 1. The molecular formula is C12H11BrN2O2S. The Bertz CT molecular complexity index is 657. The van der Waals surface area contributed by atoms with Gasteiger partial charge in [-0.15, -0.1) is 0 Å². The van der Waals surface area contributed by atoms with Crippen LogP contribution in [0.2, 0.25) is 0 Å². The van der Waals surface area contributed by atoms with Gasteiger partial charge >= 0.3 is 0 Å². The fourth-order valence-electron chi connectivity index (χ4n) is 1.55. The maximum absolute atomic E-state index is 12.2. The molecule has 0 amide bonds. The van der Waals surface area contributed by atoms with E-state index in [9.17, 15) is 8.42 Å². The standard InChI is InChI=1S/C12H11BrN2O2S/c13-11-7-10(14)1-2-12(11)18(16,17)8-9-3-5-15-6-4-9/h1-7H,8,14H2. The molecule has 0 saturated carbocycles. The lowest BCUT2D eigenvalue weighted by Gasteiger charge is -2.07. The lowest BCUT2D eigenvalue weighted by atomic mass is 10.3. The number of pyridine rings is 1. The third kappa shape index (κ3) is 2.88. The molecule has 0 saturated heterocycles. The maximum Gasteiger partial charge on any atom is 0.183 e. The van der Waals surface area contributed by atoms with Gasteiger partial charge in [0.25, 0.3) is 0 Å². The van der Waals surface area contributed by atoms with E-state index in [1.165, 1.54) is 6.07 Å². The molecule has 0 unspecified atom stereocenters. The molecule has 0 aliphatic heterocycles. The van der Waals surface area contributed by atoms with Gasteiger partial charge in [-0.1, -0.05) is 0 Å². The van der Waals surface area contributed by atoms with Gasteiger partial charge in [0, 0.05) is 22.6 Å². The number of hydrogen-bond donors (Lipinski definition) is 1. The third-order valence-corrected chi connectivity index (χ3v) is 5.06. The Hall–Kier alpha value is -1.40. The highest BCUT2D eigenvalue weighted by atomic mass is 79.9. The maximum atomic E-state index is 12.2. The predicted molar refractivity (Wildman–Crippen MR) is 73.7 cm³/mol. The van der Waals surface area contributed by atoms with Crippen molar-refractivity contribution in [2.75, 3.05) is 5.73 Å². The highest BCUT2D eigenvalue weighted by Gasteiger charge is 2.18. The van der Waals surface area contributed by atoms with Crippen molar-refractivity contribution in [2.45, 2.75) is 10.6 Å². The van der Waals surface area contributed by atoms with Crippen LogP contribution in [0.25, 0.3) is 0 Å². The second-order valence-corrected chi connectivity index (χ2v) is 6.62. The first kappa shape index (κ1) is 13.0. The molecule has 1 heterocycles. The molecule has 2 aromatic rings. The van der Waals surface area contributed by atoms with Crippen LogP contribution >= 0.6 is 15.9 Å². The Labute approximate surface area is 114 Å². The molecule has 2 N–H and O–H groups in total. The van der Waals surface area contributed by atoms with Crippen LogP contribution in [0.1, 0.15) is 5.56 Å². The quantitative estimate of drug-likeness (QED) is 0.879. The second-order valence-electron chi connectivity index (χ2n) is 3.80. The summed E-state index contributed by atoms with van der Waals surface area (Å²) in [7, 11) is -3.39. The zero-order valence-corrected chi connectivity index (χ0v) is 11.8. The minimum atomic E-state index is -3.39. The normalized spacial score (nSPS) is 11.4. The summed E-state index contributed by atoms with van der Waals surface area (Å²) >= 11 is 3.22. The summed E-state index contributed by atoms with van der Waals surface area (Å²) < 4.78 is 25.0. The first-order chi connectivity index (χ1) is 8.49. The highest BCUT2D eigenvalue weighted by molar-refractivity contribution is 9.10. The number of nitrogen functional groups attached to an aromatic ring is 1. The molecule has 1 aromatic heterocycles. The lowest BCUT2D eigenvalue weighted by molar-refractivity contribution is 0.595. The van der Waals surface area contributed by atoms with Crippen molar-refractivity contribution in [3.8, 4) is 0 Å². The van der Waals surface area contributed by atoms with Crippen LogP contribution in [0.5, 0.6) is 0 Å². The van der Waals surface area contributed by atoms with E-state index in [2.05, 4.69) is 20.9 Å². The van der Waals surface area contributed by atoms with Crippen molar-refractivity contribution < 1.29 is 8.42 Å². The monoisotopic (exact) mass is 326 g/mol. The lowest BCUT2D eigenvalue weighted by Crippen LogP contribution is -2.06. The number of sulfone groups is 1. The Balaban J connectivity index is 2.37. The van der Waals surface area contributed by atoms with Gasteiger partial charge in [0.15, 0.2) is 9.84 Å². The highest BCUT2D eigenvalue weighted by Crippen LogP contribution is 2.26. The number of halogens is 1. The van der Waals surface area contributed by atoms with Crippen LogP contribution in [-0.4, -0.2) is 13.4 Å². The minimum Gasteiger partial charge on any atom is -0.399 e. The number of rotatable bonds is 3. The number of anilines is 1. The molecule has 6 heteroatoms. The van der Waals surface area contributed by atoms with Gasteiger partial charge < -0.3 is 5.73 Å². The van der Waals surface area contributed by atoms with Crippen molar-refractivity contribution in [1.29, 1.82) is 0 Å². The number of benzene rings is 1.